The summed E-state index contributed by atoms with van der Waals surface area (Å²) in [6.45, 7) is 1.91. The molecule has 8 nitrogen and oxygen atoms in total. The van der Waals surface area contributed by atoms with E-state index in [9.17, 15) is 23.2 Å². The molecule has 4 amide bonds. The zero-order chi connectivity index (χ0) is 22.2. The molecule has 0 radical (unpaired) electrons. The number of hydrogen-bond acceptors (Lipinski definition) is 5. The minimum absolute atomic E-state index is 0.00150. The van der Waals surface area contributed by atoms with E-state index in [1.807, 2.05) is 0 Å². The number of imide groups is 1. The Morgan fingerprint density at radius 2 is 1.84 bits per heavy atom. The van der Waals surface area contributed by atoms with Crippen LogP contribution in [0.25, 0.3) is 0 Å². The highest BCUT2D eigenvalue weighted by molar-refractivity contribution is 6.10. The molecule has 1 atom stereocenters. The van der Waals surface area contributed by atoms with Crippen molar-refractivity contribution in [1.82, 2.24) is 10.2 Å². The van der Waals surface area contributed by atoms with Gasteiger partial charge in [0.25, 0.3) is 5.91 Å². The van der Waals surface area contributed by atoms with Crippen LogP contribution in [0.2, 0.25) is 0 Å². The number of anilines is 1. The summed E-state index contributed by atoms with van der Waals surface area (Å²) in [6.07, 6.45) is 0.720. The van der Waals surface area contributed by atoms with E-state index in [-0.39, 0.29) is 5.69 Å². The number of rotatable bonds is 4. The third kappa shape index (κ3) is 3.88. The molecule has 31 heavy (non-hydrogen) atoms. The van der Waals surface area contributed by atoms with Gasteiger partial charge in [-0.15, -0.1) is 0 Å². The number of carbonyl (C=O) groups excluding carboxylic acids is 3. The number of carbonyl (C=O) groups is 3. The predicted octanol–water partition coefficient (Wildman–Crippen LogP) is 2.53. The number of amides is 4. The molecule has 0 saturated carbocycles. The molecule has 4 rings (SSSR count). The number of ether oxygens (including phenoxy) is 2. The molecule has 0 aliphatic carbocycles. The van der Waals surface area contributed by atoms with Gasteiger partial charge in [0, 0.05) is 18.2 Å². The Hall–Kier alpha value is -3.69. The number of hydrogen-bond donors (Lipinski definition) is 2. The number of benzene rings is 2. The first kappa shape index (κ1) is 20.6. The van der Waals surface area contributed by atoms with E-state index in [1.165, 1.54) is 13.0 Å². The topological polar surface area (TPSA) is 97.0 Å². The second-order valence-corrected chi connectivity index (χ2v) is 7.34. The summed E-state index contributed by atoms with van der Waals surface area (Å²) in [5, 5.41) is 4.94. The zero-order valence-corrected chi connectivity index (χ0v) is 16.5. The van der Waals surface area contributed by atoms with Crippen molar-refractivity contribution in [2.24, 2.45) is 0 Å². The second kappa shape index (κ2) is 7.86. The van der Waals surface area contributed by atoms with Crippen LogP contribution >= 0.6 is 0 Å². The molecule has 0 spiro atoms. The standard InChI is InChI=1S/C21H19F2N3O5/c1-21(12-3-6-16-17(9-12)31-8-2-7-30-16)19(28)26(20(29)25-21)11-18(27)24-13-4-5-14(22)15(23)10-13/h3-6,9-10H,2,7-8,11H2,1H3,(H,24,27)(H,25,29). The minimum Gasteiger partial charge on any atom is -0.490 e. The van der Waals surface area contributed by atoms with Crippen molar-refractivity contribution in [3.05, 3.63) is 53.6 Å². The number of urea groups is 1. The first-order valence-electron chi connectivity index (χ1n) is 9.57. The van der Waals surface area contributed by atoms with E-state index in [1.54, 1.807) is 18.2 Å². The quantitative estimate of drug-likeness (QED) is 0.726. The summed E-state index contributed by atoms with van der Waals surface area (Å²) in [4.78, 5) is 38.6. The molecular weight excluding hydrogens is 412 g/mol. The number of nitrogens with one attached hydrogen (secondary N) is 2. The molecule has 2 aliphatic heterocycles. The predicted molar refractivity (Wildman–Crippen MR) is 105 cm³/mol. The molecule has 2 aliphatic rings. The van der Waals surface area contributed by atoms with E-state index in [0.29, 0.717) is 30.3 Å². The van der Waals surface area contributed by atoms with Crippen LogP contribution in [-0.4, -0.2) is 42.5 Å². The smallest absolute Gasteiger partial charge is 0.325 e. The Morgan fingerprint density at radius 1 is 1.10 bits per heavy atom. The van der Waals surface area contributed by atoms with Gasteiger partial charge in [-0.25, -0.2) is 13.6 Å². The SMILES string of the molecule is CC1(c2ccc3c(c2)OCCCO3)NC(=O)N(CC(=O)Nc2ccc(F)c(F)c2)C1=O. The molecular formula is C21H19F2N3O5. The van der Waals surface area contributed by atoms with E-state index >= 15 is 0 Å². The highest BCUT2D eigenvalue weighted by Crippen LogP contribution is 2.36. The first-order valence-corrected chi connectivity index (χ1v) is 9.57. The molecule has 1 unspecified atom stereocenters. The normalized spacial score (nSPS) is 20.3. The Balaban J connectivity index is 1.51. The van der Waals surface area contributed by atoms with Crippen molar-refractivity contribution in [3.8, 4) is 11.5 Å². The number of nitrogens with zero attached hydrogens (tertiary/aromatic N) is 1. The lowest BCUT2D eigenvalue weighted by molar-refractivity contribution is -0.133. The van der Waals surface area contributed by atoms with Crippen LogP contribution in [0.15, 0.2) is 36.4 Å². The van der Waals surface area contributed by atoms with Gasteiger partial charge in [-0.3, -0.25) is 14.5 Å². The van der Waals surface area contributed by atoms with Crippen LogP contribution in [0.1, 0.15) is 18.9 Å². The molecule has 2 aromatic carbocycles. The zero-order valence-electron chi connectivity index (χ0n) is 16.5. The van der Waals surface area contributed by atoms with Gasteiger partial charge in [-0.1, -0.05) is 6.07 Å². The molecule has 1 fully saturated rings. The van der Waals surface area contributed by atoms with Crippen LogP contribution in [0.5, 0.6) is 11.5 Å². The maximum atomic E-state index is 13.3. The van der Waals surface area contributed by atoms with E-state index in [4.69, 9.17) is 9.47 Å². The third-order valence-corrected chi connectivity index (χ3v) is 5.10. The lowest BCUT2D eigenvalue weighted by Crippen LogP contribution is -2.42. The van der Waals surface area contributed by atoms with Gasteiger partial charge in [0.1, 0.15) is 12.1 Å². The van der Waals surface area contributed by atoms with Crippen LogP contribution in [0.4, 0.5) is 19.3 Å². The summed E-state index contributed by atoms with van der Waals surface area (Å²) in [6, 6.07) is 7.03. The molecule has 10 heteroatoms. The van der Waals surface area contributed by atoms with Crippen molar-refractivity contribution >= 4 is 23.5 Å². The van der Waals surface area contributed by atoms with Gasteiger partial charge in [0.15, 0.2) is 23.1 Å². The third-order valence-electron chi connectivity index (χ3n) is 5.10. The average molecular weight is 431 g/mol. The van der Waals surface area contributed by atoms with E-state index < -0.39 is 41.6 Å². The van der Waals surface area contributed by atoms with Gasteiger partial charge >= 0.3 is 6.03 Å². The second-order valence-electron chi connectivity index (χ2n) is 7.34. The lowest BCUT2D eigenvalue weighted by atomic mass is 9.91. The van der Waals surface area contributed by atoms with Crippen LogP contribution in [0.3, 0.4) is 0 Å². The molecule has 1 saturated heterocycles. The van der Waals surface area contributed by atoms with Gasteiger partial charge in [-0.05, 0) is 36.8 Å². The summed E-state index contributed by atoms with van der Waals surface area (Å²) < 4.78 is 37.6. The Bertz CT molecular complexity index is 1080. The van der Waals surface area contributed by atoms with Crippen LogP contribution in [-0.2, 0) is 15.1 Å². The van der Waals surface area contributed by atoms with Gasteiger partial charge < -0.3 is 20.1 Å². The Labute approximate surface area is 176 Å². The molecule has 2 N–H and O–H groups in total. The molecule has 0 bridgehead atoms. The lowest BCUT2D eigenvalue weighted by Gasteiger charge is -2.23. The number of halogens is 2. The van der Waals surface area contributed by atoms with Crippen molar-refractivity contribution in [3.63, 3.8) is 0 Å². The Kier molecular flexibility index (Phi) is 5.22. The molecule has 162 valence electrons. The Morgan fingerprint density at radius 3 is 2.58 bits per heavy atom. The van der Waals surface area contributed by atoms with E-state index in [2.05, 4.69) is 10.6 Å². The summed E-state index contributed by atoms with van der Waals surface area (Å²) in [7, 11) is 0. The van der Waals surface area contributed by atoms with Gasteiger partial charge in [-0.2, -0.15) is 0 Å². The van der Waals surface area contributed by atoms with Crippen molar-refractivity contribution in [2.45, 2.75) is 18.9 Å². The minimum atomic E-state index is -1.41. The van der Waals surface area contributed by atoms with Crippen molar-refractivity contribution in [1.29, 1.82) is 0 Å². The van der Waals surface area contributed by atoms with Crippen molar-refractivity contribution < 1.29 is 32.6 Å². The number of fused-ring (bicyclic) bond motifs is 1. The van der Waals surface area contributed by atoms with Gasteiger partial charge in [0.2, 0.25) is 5.91 Å². The first-order chi connectivity index (χ1) is 14.8. The van der Waals surface area contributed by atoms with Crippen LogP contribution < -0.4 is 20.1 Å². The highest BCUT2D eigenvalue weighted by atomic mass is 19.2. The fraction of sp³-hybridized carbons (Fsp3) is 0.286. The fourth-order valence-corrected chi connectivity index (χ4v) is 3.43. The maximum absolute atomic E-state index is 13.3. The molecule has 0 aromatic heterocycles. The van der Waals surface area contributed by atoms with E-state index in [0.717, 1.165) is 23.5 Å². The monoisotopic (exact) mass is 431 g/mol. The fourth-order valence-electron chi connectivity index (χ4n) is 3.43. The average Bonchev–Trinajstić information content (AvgIpc) is 2.90. The largest absolute Gasteiger partial charge is 0.490 e. The highest BCUT2D eigenvalue weighted by Gasteiger charge is 2.49. The van der Waals surface area contributed by atoms with Crippen molar-refractivity contribution in [2.75, 3.05) is 25.1 Å². The van der Waals surface area contributed by atoms with Crippen LogP contribution in [0, 0.1) is 11.6 Å². The summed E-state index contributed by atoms with van der Waals surface area (Å²) >= 11 is 0. The molecule has 2 heterocycles. The van der Waals surface area contributed by atoms with Gasteiger partial charge in [0.05, 0.1) is 13.2 Å². The summed E-state index contributed by atoms with van der Waals surface area (Å²) in [5.74, 6) is -2.55. The molecule has 2 aromatic rings. The maximum Gasteiger partial charge on any atom is 0.325 e. The summed E-state index contributed by atoms with van der Waals surface area (Å²) in [5.41, 5.74) is -0.940.